The number of H-pyrrole nitrogens is 1. The molecular weight excluding hydrogens is 246 g/mol. The zero-order chi connectivity index (χ0) is 12.5. The Morgan fingerprint density at radius 1 is 1.39 bits per heavy atom. The van der Waals surface area contributed by atoms with Crippen LogP contribution in [0.1, 0.15) is 21.8 Å². The first-order valence-electron chi connectivity index (χ1n) is 5.86. The molecule has 0 bridgehead atoms. The summed E-state index contributed by atoms with van der Waals surface area (Å²) in [6.07, 6.45) is 5.88. The molecule has 3 rings (SSSR count). The summed E-state index contributed by atoms with van der Waals surface area (Å²) in [6, 6.07) is 0. The van der Waals surface area contributed by atoms with E-state index in [-0.39, 0.29) is 0 Å². The molecule has 0 spiro atoms. The standard InChI is InChI=1S/C12H15N5S/c1-8-7-17-11(9(2)16-12(17)18-8)6-13-3-10-4-14-15-5-10/h4-5,7,13H,3,6H2,1-2H3,(H,14,15). The quantitative estimate of drug-likeness (QED) is 0.755. The second kappa shape index (κ2) is 4.55. The molecule has 0 unspecified atom stereocenters. The van der Waals surface area contributed by atoms with Crippen LogP contribution in [-0.4, -0.2) is 19.6 Å². The molecule has 0 radical (unpaired) electrons. The van der Waals surface area contributed by atoms with E-state index in [9.17, 15) is 0 Å². The van der Waals surface area contributed by atoms with E-state index in [1.54, 1.807) is 11.3 Å². The summed E-state index contributed by atoms with van der Waals surface area (Å²) in [7, 11) is 0. The average Bonchev–Trinajstić information content (AvgIpc) is 2.99. The van der Waals surface area contributed by atoms with E-state index in [0.717, 1.165) is 29.3 Å². The second-order valence-corrected chi connectivity index (χ2v) is 5.56. The van der Waals surface area contributed by atoms with E-state index in [1.165, 1.54) is 10.6 Å². The van der Waals surface area contributed by atoms with Crippen molar-refractivity contribution in [2.24, 2.45) is 0 Å². The van der Waals surface area contributed by atoms with Gasteiger partial charge in [-0.2, -0.15) is 5.10 Å². The molecule has 3 aromatic heterocycles. The fourth-order valence-electron chi connectivity index (χ4n) is 2.02. The Morgan fingerprint density at radius 3 is 3.06 bits per heavy atom. The summed E-state index contributed by atoms with van der Waals surface area (Å²) in [5.41, 5.74) is 3.49. The maximum Gasteiger partial charge on any atom is 0.194 e. The molecule has 0 aliphatic carbocycles. The number of aryl methyl sites for hydroxylation is 2. The summed E-state index contributed by atoms with van der Waals surface area (Å²) >= 11 is 1.73. The molecule has 0 aromatic carbocycles. The van der Waals surface area contributed by atoms with Crippen molar-refractivity contribution in [1.82, 2.24) is 24.9 Å². The number of thiazole rings is 1. The van der Waals surface area contributed by atoms with Crippen molar-refractivity contribution in [3.05, 3.63) is 40.4 Å². The van der Waals surface area contributed by atoms with Crippen molar-refractivity contribution in [1.29, 1.82) is 0 Å². The summed E-state index contributed by atoms with van der Waals surface area (Å²) in [6.45, 7) is 5.79. The minimum Gasteiger partial charge on any atom is -0.307 e. The van der Waals surface area contributed by atoms with Crippen molar-refractivity contribution >= 4 is 16.3 Å². The molecule has 2 N–H and O–H groups in total. The topological polar surface area (TPSA) is 58.0 Å². The SMILES string of the molecule is Cc1cn2c(CNCc3cn[nH]c3)c(C)nc2s1. The monoisotopic (exact) mass is 261 g/mol. The molecule has 5 nitrogen and oxygen atoms in total. The molecule has 0 fully saturated rings. The van der Waals surface area contributed by atoms with Crippen molar-refractivity contribution < 1.29 is 0 Å². The average molecular weight is 261 g/mol. The number of nitrogens with one attached hydrogen (secondary N) is 2. The van der Waals surface area contributed by atoms with Crippen LogP contribution in [0, 0.1) is 13.8 Å². The lowest BCUT2D eigenvalue weighted by molar-refractivity contribution is 0.673. The van der Waals surface area contributed by atoms with Crippen molar-refractivity contribution in [3.8, 4) is 0 Å². The number of nitrogens with zero attached hydrogens (tertiary/aromatic N) is 3. The number of hydrogen-bond donors (Lipinski definition) is 2. The molecule has 6 heteroatoms. The van der Waals surface area contributed by atoms with Gasteiger partial charge in [-0.1, -0.05) is 0 Å². The summed E-state index contributed by atoms with van der Waals surface area (Å²) in [5, 5.41) is 10.2. The molecule has 0 aliphatic heterocycles. The molecular formula is C12H15N5S. The highest BCUT2D eigenvalue weighted by atomic mass is 32.1. The van der Waals surface area contributed by atoms with E-state index in [4.69, 9.17) is 0 Å². The number of aromatic nitrogens is 4. The Bertz CT molecular complexity index is 649. The number of imidazole rings is 1. The molecule has 94 valence electrons. The van der Waals surface area contributed by atoms with Crippen LogP contribution in [0.15, 0.2) is 18.6 Å². The lowest BCUT2D eigenvalue weighted by Crippen LogP contribution is -2.14. The van der Waals surface area contributed by atoms with Crippen molar-refractivity contribution in [2.45, 2.75) is 26.9 Å². The zero-order valence-corrected chi connectivity index (χ0v) is 11.2. The number of fused-ring (bicyclic) bond motifs is 1. The van der Waals surface area contributed by atoms with Gasteiger partial charge in [0.1, 0.15) is 0 Å². The van der Waals surface area contributed by atoms with Crippen LogP contribution in [0.25, 0.3) is 4.96 Å². The highest BCUT2D eigenvalue weighted by Gasteiger charge is 2.10. The Morgan fingerprint density at radius 2 is 2.28 bits per heavy atom. The summed E-state index contributed by atoms with van der Waals surface area (Å²) < 4.78 is 2.18. The zero-order valence-electron chi connectivity index (χ0n) is 10.4. The highest BCUT2D eigenvalue weighted by Crippen LogP contribution is 2.20. The first-order chi connectivity index (χ1) is 8.74. The second-order valence-electron chi connectivity index (χ2n) is 4.35. The third kappa shape index (κ3) is 2.04. The van der Waals surface area contributed by atoms with Crippen molar-refractivity contribution in [2.75, 3.05) is 0 Å². The fourth-order valence-corrected chi connectivity index (χ4v) is 2.91. The third-order valence-corrected chi connectivity index (χ3v) is 3.82. The Balaban J connectivity index is 1.75. The van der Waals surface area contributed by atoms with Gasteiger partial charge in [0.05, 0.1) is 17.6 Å². The fraction of sp³-hybridized carbons (Fsp3) is 0.333. The van der Waals surface area contributed by atoms with Gasteiger partial charge < -0.3 is 5.32 Å². The third-order valence-electron chi connectivity index (χ3n) is 2.92. The maximum atomic E-state index is 4.57. The van der Waals surface area contributed by atoms with E-state index in [0.29, 0.717) is 0 Å². The lowest BCUT2D eigenvalue weighted by atomic mass is 10.3. The van der Waals surface area contributed by atoms with Gasteiger partial charge in [-0.05, 0) is 13.8 Å². The molecule has 18 heavy (non-hydrogen) atoms. The van der Waals surface area contributed by atoms with Gasteiger partial charge in [-0.25, -0.2) is 4.98 Å². The van der Waals surface area contributed by atoms with E-state index in [2.05, 4.69) is 44.9 Å². The van der Waals surface area contributed by atoms with E-state index >= 15 is 0 Å². The molecule has 3 heterocycles. The van der Waals surface area contributed by atoms with Crippen LogP contribution in [-0.2, 0) is 13.1 Å². The Labute approximate surface area is 109 Å². The first kappa shape index (κ1) is 11.4. The van der Waals surface area contributed by atoms with Gasteiger partial charge >= 0.3 is 0 Å². The molecule has 0 saturated heterocycles. The Kier molecular flexibility index (Phi) is 2.89. The largest absolute Gasteiger partial charge is 0.307 e. The number of aromatic amines is 1. The number of rotatable bonds is 4. The van der Waals surface area contributed by atoms with Crippen LogP contribution >= 0.6 is 11.3 Å². The summed E-state index contributed by atoms with van der Waals surface area (Å²) in [5.74, 6) is 0. The Hall–Kier alpha value is -1.66. The van der Waals surface area contributed by atoms with Crippen LogP contribution in [0.3, 0.4) is 0 Å². The van der Waals surface area contributed by atoms with Gasteiger partial charge in [0.15, 0.2) is 4.96 Å². The molecule has 0 aliphatic rings. The van der Waals surface area contributed by atoms with Gasteiger partial charge in [0.25, 0.3) is 0 Å². The smallest absolute Gasteiger partial charge is 0.194 e. The van der Waals surface area contributed by atoms with Gasteiger partial charge in [0.2, 0.25) is 0 Å². The predicted octanol–water partition coefficient (Wildman–Crippen LogP) is 2.03. The van der Waals surface area contributed by atoms with Gasteiger partial charge in [-0.15, -0.1) is 11.3 Å². The molecule has 3 aromatic rings. The minimum absolute atomic E-state index is 0.812. The van der Waals surface area contributed by atoms with Crippen LogP contribution < -0.4 is 5.32 Å². The van der Waals surface area contributed by atoms with Gasteiger partial charge in [0, 0.05) is 35.9 Å². The predicted molar refractivity (Wildman–Crippen MR) is 71.7 cm³/mol. The molecule has 0 amide bonds. The van der Waals surface area contributed by atoms with Crippen LogP contribution in [0.5, 0.6) is 0 Å². The van der Waals surface area contributed by atoms with E-state index in [1.807, 2.05) is 12.4 Å². The molecule has 0 atom stereocenters. The number of hydrogen-bond acceptors (Lipinski definition) is 4. The normalized spacial score (nSPS) is 11.4. The molecule has 0 saturated carbocycles. The maximum absolute atomic E-state index is 4.57. The lowest BCUT2D eigenvalue weighted by Gasteiger charge is -2.03. The summed E-state index contributed by atoms with van der Waals surface area (Å²) in [4.78, 5) is 6.93. The van der Waals surface area contributed by atoms with E-state index < -0.39 is 0 Å². The van der Waals surface area contributed by atoms with Crippen LogP contribution in [0.4, 0.5) is 0 Å². The minimum atomic E-state index is 0.812. The van der Waals surface area contributed by atoms with Crippen LogP contribution in [0.2, 0.25) is 0 Å². The van der Waals surface area contributed by atoms with Gasteiger partial charge in [-0.3, -0.25) is 9.50 Å². The van der Waals surface area contributed by atoms with Crippen molar-refractivity contribution in [3.63, 3.8) is 0 Å². The highest BCUT2D eigenvalue weighted by molar-refractivity contribution is 7.17. The first-order valence-corrected chi connectivity index (χ1v) is 6.68.